The fourth-order valence-electron chi connectivity index (χ4n) is 2.10. The summed E-state index contributed by atoms with van der Waals surface area (Å²) < 4.78 is 12.8. The van der Waals surface area contributed by atoms with Crippen LogP contribution in [0.3, 0.4) is 0 Å². The second-order valence-corrected chi connectivity index (χ2v) is 4.18. The molecular formula is C13H10N4O2. The number of rotatable bonds is 1. The Morgan fingerprint density at radius 2 is 1.95 bits per heavy atom. The molecule has 94 valence electrons. The van der Waals surface area contributed by atoms with E-state index >= 15 is 0 Å². The highest BCUT2D eigenvalue weighted by Crippen LogP contribution is 2.32. The molecule has 0 N–H and O–H groups in total. The molecule has 0 amide bonds. The van der Waals surface area contributed by atoms with Gasteiger partial charge in [0.25, 0.3) is 0 Å². The molecule has 6 nitrogen and oxygen atoms in total. The first-order valence-electron chi connectivity index (χ1n) is 5.98. The second-order valence-electron chi connectivity index (χ2n) is 4.18. The van der Waals surface area contributed by atoms with Crippen molar-refractivity contribution < 1.29 is 9.47 Å². The van der Waals surface area contributed by atoms with Gasteiger partial charge in [-0.2, -0.15) is 4.68 Å². The van der Waals surface area contributed by atoms with Gasteiger partial charge in [0.05, 0.1) is 5.69 Å². The quantitative estimate of drug-likeness (QED) is 0.660. The number of benzene rings is 1. The summed E-state index contributed by atoms with van der Waals surface area (Å²) in [4.78, 5) is 4.30. The van der Waals surface area contributed by atoms with Crippen LogP contribution < -0.4 is 9.47 Å². The number of hydrogen-bond donors (Lipinski definition) is 0. The maximum atomic E-state index is 5.57. The minimum atomic E-state index is 0.562. The number of nitrogens with zero attached hydrogens (tertiary/aromatic N) is 4. The maximum Gasteiger partial charge on any atom is 0.183 e. The lowest BCUT2D eigenvalue weighted by molar-refractivity contribution is 0.171. The molecule has 0 radical (unpaired) electrons. The average molecular weight is 254 g/mol. The Kier molecular flexibility index (Phi) is 2.14. The van der Waals surface area contributed by atoms with Gasteiger partial charge in [0, 0.05) is 12.3 Å². The molecule has 6 heteroatoms. The van der Waals surface area contributed by atoms with E-state index in [9.17, 15) is 0 Å². The molecule has 0 spiro atoms. The SMILES string of the molecule is c1cnc2c(c1)nnn2-c1ccc2c(c1)OCCO2. The molecule has 0 saturated carbocycles. The highest BCUT2D eigenvalue weighted by molar-refractivity contribution is 5.71. The first-order valence-corrected chi connectivity index (χ1v) is 5.98. The summed E-state index contributed by atoms with van der Waals surface area (Å²) in [6.07, 6.45) is 1.72. The van der Waals surface area contributed by atoms with E-state index in [1.165, 1.54) is 0 Å². The first kappa shape index (κ1) is 10.3. The third-order valence-corrected chi connectivity index (χ3v) is 2.98. The van der Waals surface area contributed by atoms with E-state index in [1.807, 2.05) is 30.3 Å². The lowest BCUT2D eigenvalue weighted by Gasteiger charge is -2.18. The van der Waals surface area contributed by atoms with Crippen molar-refractivity contribution in [2.45, 2.75) is 0 Å². The average Bonchev–Trinajstić information content (AvgIpc) is 2.91. The van der Waals surface area contributed by atoms with Crippen molar-refractivity contribution in [1.82, 2.24) is 20.0 Å². The van der Waals surface area contributed by atoms with E-state index in [1.54, 1.807) is 10.9 Å². The van der Waals surface area contributed by atoms with E-state index in [4.69, 9.17) is 9.47 Å². The van der Waals surface area contributed by atoms with Crippen LogP contribution in [0.4, 0.5) is 0 Å². The fraction of sp³-hybridized carbons (Fsp3) is 0.154. The molecule has 4 rings (SSSR count). The van der Waals surface area contributed by atoms with Crippen molar-refractivity contribution in [3.8, 4) is 17.2 Å². The number of fused-ring (bicyclic) bond motifs is 2. The van der Waals surface area contributed by atoms with Crippen molar-refractivity contribution in [3.63, 3.8) is 0 Å². The zero-order chi connectivity index (χ0) is 12.7. The van der Waals surface area contributed by atoms with Gasteiger partial charge in [-0.1, -0.05) is 5.21 Å². The predicted molar refractivity (Wildman–Crippen MR) is 67.7 cm³/mol. The third kappa shape index (κ3) is 1.61. The smallest absolute Gasteiger partial charge is 0.183 e. The molecule has 1 aliphatic heterocycles. The van der Waals surface area contributed by atoms with E-state index < -0.39 is 0 Å². The van der Waals surface area contributed by atoms with Crippen molar-refractivity contribution in [2.75, 3.05) is 13.2 Å². The standard InChI is InChI=1S/C13H10N4O2/c1-2-10-13(14-5-1)17(16-15-10)9-3-4-11-12(8-9)19-7-6-18-11/h1-5,8H,6-7H2. The molecule has 3 aromatic rings. The summed E-state index contributed by atoms with van der Waals surface area (Å²) in [5, 5.41) is 8.21. The van der Waals surface area contributed by atoms with Crippen LogP contribution in [-0.4, -0.2) is 33.2 Å². The molecular weight excluding hydrogens is 244 g/mol. The molecule has 0 saturated heterocycles. The summed E-state index contributed by atoms with van der Waals surface area (Å²) in [7, 11) is 0. The topological polar surface area (TPSA) is 62.1 Å². The van der Waals surface area contributed by atoms with Crippen molar-refractivity contribution >= 4 is 11.2 Å². The Labute approximate surface area is 108 Å². The normalized spacial score (nSPS) is 13.7. The van der Waals surface area contributed by atoms with E-state index in [0.29, 0.717) is 13.2 Å². The lowest BCUT2D eigenvalue weighted by atomic mass is 10.2. The fourth-order valence-corrected chi connectivity index (χ4v) is 2.10. The van der Waals surface area contributed by atoms with Crippen LogP contribution in [0.1, 0.15) is 0 Å². The molecule has 19 heavy (non-hydrogen) atoms. The summed E-state index contributed by atoms with van der Waals surface area (Å²) in [5.41, 5.74) is 2.34. The zero-order valence-corrected chi connectivity index (χ0v) is 9.98. The van der Waals surface area contributed by atoms with Gasteiger partial charge in [-0.05, 0) is 24.3 Å². The third-order valence-electron chi connectivity index (χ3n) is 2.98. The summed E-state index contributed by atoms with van der Waals surface area (Å²) >= 11 is 0. The summed E-state index contributed by atoms with van der Waals surface area (Å²) in [6.45, 7) is 1.15. The van der Waals surface area contributed by atoms with E-state index in [2.05, 4.69) is 15.3 Å². The van der Waals surface area contributed by atoms with Crippen LogP contribution in [0.5, 0.6) is 11.5 Å². The summed E-state index contributed by atoms with van der Waals surface area (Å²) in [5.74, 6) is 1.48. The molecule has 3 heterocycles. The lowest BCUT2D eigenvalue weighted by Crippen LogP contribution is -2.15. The van der Waals surface area contributed by atoms with Gasteiger partial charge in [0.2, 0.25) is 0 Å². The second kappa shape index (κ2) is 3.94. The Hall–Kier alpha value is -2.63. The number of ether oxygens (including phenoxy) is 2. The van der Waals surface area contributed by atoms with Crippen LogP contribution in [0, 0.1) is 0 Å². The zero-order valence-electron chi connectivity index (χ0n) is 9.98. The van der Waals surface area contributed by atoms with Crippen LogP contribution in [0.2, 0.25) is 0 Å². The van der Waals surface area contributed by atoms with Gasteiger partial charge in [-0.25, -0.2) is 4.98 Å². The van der Waals surface area contributed by atoms with E-state index in [-0.39, 0.29) is 0 Å². The highest BCUT2D eigenvalue weighted by atomic mass is 16.6. The molecule has 2 aromatic heterocycles. The summed E-state index contributed by atoms with van der Waals surface area (Å²) in [6, 6.07) is 9.39. The number of pyridine rings is 1. The molecule has 0 bridgehead atoms. The first-order chi connectivity index (χ1) is 9.42. The Bertz CT molecular complexity index is 753. The molecule has 0 atom stereocenters. The van der Waals surface area contributed by atoms with Gasteiger partial charge < -0.3 is 9.47 Å². The Morgan fingerprint density at radius 3 is 2.89 bits per heavy atom. The van der Waals surface area contributed by atoms with E-state index in [0.717, 1.165) is 28.4 Å². The number of aromatic nitrogens is 4. The maximum absolute atomic E-state index is 5.57. The van der Waals surface area contributed by atoms with Crippen molar-refractivity contribution in [3.05, 3.63) is 36.5 Å². The Morgan fingerprint density at radius 1 is 1.05 bits per heavy atom. The van der Waals surface area contributed by atoms with Gasteiger partial charge in [0.15, 0.2) is 17.1 Å². The van der Waals surface area contributed by atoms with Crippen LogP contribution in [0.25, 0.3) is 16.9 Å². The molecule has 0 unspecified atom stereocenters. The largest absolute Gasteiger partial charge is 0.486 e. The number of hydrogen-bond acceptors (Lipinski definition) is 5. The van der Waals surface area contributed by atoms with Crippen LogP contribution in [0.15, 0.2) is 36.5 Å². The molecule has 1 aromatic carbocycles. The van der Waals surface area contributed by atoms with Gasteiger partial charge in [-0.15, -0.1) is 5.10 Å². The molecule has 0 aliphatic carbocycles. The minimum absolute atomic E-state index is 0.562. The van der Waals surface area contributed by atoms with Crippen molar-refractivity contribution in [2.24, 2.45) is 0 Å². The highest BCUT2D eigenvalue weighted by Gasteiger charge is 2.14. The van der Waals surface area contributed by atoms with Crippen molar-refractivity contribution in [1.29, 1.82) is 0 Å². The Balaban J connectivity index is 1.88. The van der Waals surface area contributed by atoms with Crippen LogP contribution in [-0.2, 0) is 0 Å². The van der Waals surface area contributed by atoms with Gasteiger partial charge in [-0.3, -0.25) is 0 Å². The van der Waals surface area contributed by atoms with Gasteiger partial charge >= 0.3 is 0 Å². The minimum Gasteiger partial charge on any atom is -0.486 e. The molecule has 1 aliphatic rings. The predicted octanol–water partition coefficient (Wildman–Crippen LogP) is 1.59. The van der Waals surface area contributed by atoms with Crippen LogP contribution >= 0.6 is 0 Å². The van der Waals surface area contributed by atoms with Gasteiger partial charge in [0.1, 0.15) is 18.7 Å². The monoisotopic (exact) mass is 254 g/mol. The molecule has 0 fully saturated rings.